The number of hydrogen-bond donors (Lipinski definition) is 1. The number of hydrazine groups is 1. The van der Waals surface area contributed by atoms with E-state index < -0.39 is 0 Å². The quantitative estimate of drug-likeness (QED) is 0.944. The van der Waals surface area contributed by atoms with Crippen LogP contribution in [0.4, 0.5) is 0 Å². The van der Waals surface area contributed by atoms with Gasteiger partial charge in [0.05, 0.1) is 11.3 Å². The van der Waals surface area contributed by atoms with Gasteiger partial charge in [0.1, 0.15) is 5.37 Å². The highest BCUT2D eigenvalue weighted by Gasteiger charge is 2.35. The first-order valence-electron chi connectivity index (χ1n) is 6.87. The van der Waals surface area contributed by atoms with Crippen molar-refractivity contribution in [3.8, 4) is 0 Å². The number of benzene rings is 1. The molecule has 6 heteroatoms. The van der Waals surface area contributed by atoms with Crippen LogP contribution in [0.2, 0.25) is 0 Å². The molecule has 1 saturated heterocycles. The fraction of sp³-hybridized carbons (Fsp3) is 0.188. The Balaban J connectivity index is 1.83. The Morgan fingerprint density at radius 1 is 1.32 bits per heavy atom. The summed E-state index contributed by atoms with van der Waals surface area (Å²) >= 11 is 1.51. The second-order valence-electron chi connectivity index (χ2n) is 4.97. The SMILES string of the molecule is Cc1ccccc1C1SCC(=O)N1NC(=O)c1cccnc1. The van der Waals surface area contributed by atoms with Crippen LogP contribution in [-0.2, 0) is 4.79 Å². The molecular weight excluding hydrogens is 298 g/mol. The van der Waals surface area contributed by atoms with Crippen molar-refractivity contribution in [1.82, 2.24) is 15.4 Å². The van der Waals surface area contributed by atoms with E-state index in [0.717, 1.165) is 11.1 Å². The standard InChI is InChI=1S/C16H15N3O2S/c1-11-5-2-3-7-13(11)16-19(14(20)10-22-16)18-15(21)12-6-4-8-17-9-12/h2-9,16H,10H2,1H3,(H,18,21). The van der Waals surface area contributed by atoms with Gasteiger partial charge in [0, 0.05) is 12.4 Å². The number of thioether (sulfide) groups is 1. The van der Waals surface area contributed by atoms with Gasteiger partial charge in [0.2, 0.25) is 0 Å². The molecule has 2 aromatic rings. The number of nitrogens with one attached hydrogen (secondary N) is 1. The lowest BCUT2D eigenvalue weighted by Crippen LogP contribution is -2.44. The Labute approximate surface area is 132 Å². The molecule has 22 heavy (non-hydrogen) atoms. The summed E-state index contributed by atoms with van der Waals surface area (Å²) in [5.41, 5.74) is 5.26. The van der Waals surface area contributed by atoms with Crippen LogP contribution >= 0.6 is 11.8 Å². The van der Waals surface area contributed by atoms with Crippen LogP contribution in [0.15, 0.2) is 48.8 Å². The second kappa shape index (κ2) is 6.19. The summed E-state index contributed by atoms with van der Waals surface area (Å²) < 4.78 is 0. The highest BCUT2D eigenvalue weighted by atomic mass is 32.2. The van der Waals surface area contributed by atoms with Crippen LogP contribution in [0.1, 0.15) is 26.9 Å². The van der Waals surface area contributed by atoms with Gasteiger partial charge < -0.3 is 0 Å². The Bertz CT molecular complexity index is 706. The lowest BCUT2D eigenvalue weighted by Gasteiger charge is -2.25. The smallest absolute Gasteiger partial charge is 0.271 e. The predicted octanol–water partition coefficient (Wildman–Crippen LogP) is 2.31. The molecule has 1 atom stereocenters. The average Bonchev–Trinajstić information content (AvgIpc) is 2.90. The van der Waals surface area contributed by atoms with E-state index in [1.165, 1.54) is 23.0 Å². The molecule has 0 bridgehead atoms. The summed E-state index contributed by atoms with van der Waals surface area (Å²) in [6, 6.07) is 11.2. The van der Waals surface area contributed by atoms with Gasteiger partial charge in [-0.15, -0.1) is 11.8 Å². The Kier molecular flexibility index (Phi) is 4.11. The minimum absolute atomic E-state index is 0.101. The second-order valence-corrected chi connectivity index (χ2v) is 6.03. The zero-order valence-electron chi connectivity index (χ0n) is 12.0. The van der Waals surface area contributed by atoms with Gasteiger partial charge in [-0.1, -0.05) is 24.3 Å². The molecular formula is C16H15N3O2S. The van der Waals surface area contributed by atoms with E-state index in [1.54, 1.807) is 18.3 Å². The first-order chi connectivity index (χ1) is 10.7. The van der Waals surface area contributed by atoms with Crippen molar-refractivity contribution in [1.29, 1.82) is 0 Å². The summed E-state index contributed by atoms with van der Waals surface area (Å²) in [7, 11) is 0. The minimum Gasteiger partial charge on any atom is -0.272 e. The first kappa shape index (κ1) is 14.6. The summed E-state index contributed by atoms with van der Waals surface area (Å²) in [4.78, 5) is 28.3. The lowest BCUT2D eigenvalue weighted by molar-refractivity contribution is -0.130. The molecule has 1 aliphatic heterocycles. The maximum atomic E-state index is 12.3. The molecule has 0 spiro atoms. The predicted molar refractivity (Wildman–Crippen MR) is 84.9 cm³/mol. The zero-order chi connectivity index (χ0) is 15.5. The molecule has 1 N–H and O–H groups in total. The van der Waals surface area contributed by atoms with Gasteiger partial charge in [-0.25, -0.2) is 5.01 Å². The molecule has 0 saturated carbocycles. The number of aryl methyl sites for hydroxylation is 1. The number of carbonyl (C=O) groups is 2. The van der Waals surface area contributed by atoms with Crippen molar-refractivity contribution in [3.05, 3.63) is 65.5 Å². The summed E-state index contributed by atoms with van der Waals surface area (Å²) in [6.07, 6.45) is 3.08. The van der Waals surface area contributed by atoms with E-state index in [1.807, 2.05) is 31.2 Å². The summed E-state index contributed by atoms with van der Waals surface area (Å²) in [6.45, 7) is 2.00. The van der Waals surface area contributed by atoms with Gasteiger partial charge in [0.25, 0.3) is 11.8 Å². The molecule has 1 aromatic heterocycles. The van der Waals surface area contributed by atoms with Crippen LogP contribution in [-0.4, -0.2) is 27.6 Å². The van der Waals surface area contributed by atoms with Crippen molar-refractivity contribution in [2.45, 2.75) is 12.3 Å². The molecule has 1 fully saturated rings. The minimum atomic E-state index is -0.331. The molecule has 0 radical (unpaired) electrons. The topological polar surface area (TPSA) is 62.3 Å². The monoisotopic (exact) mass is 313 g/mol. The number of aromatic nitrogens is 1. The normalized spacial score (nSPS) is 17.6. The van der Waals surface area contributed by atoms with E-state index in [9.17, 15) is 9.59 Å². The fourth-order valence-electron chi connectivity index (χ4n) is 2.31. The molecule has 1 unspecified atom stereocenters. The number of rotatable bonds is 3. The highest BCUT2D eigenvalue weighted by Crippen LogP contribution is 2.38. The third-order valence-electron chi connectivity index (χ3n) is 3.47. The van der Waals surface area contributed by atoms with Gasteiger partial charge >= 0.3 is 0 Å². The maximum absolute atomic E-state index is 12.3. The zero-order valence-corrected chi connectivity index (χ0v) is 12.8. The number of nitrogens with zero attached hydrogens (tertiary/aromatic N) is 2. The van der Waals surface area contributed by atoms with Gasteiger partial charge in [-0.2, -0.15) is 0 Å². The van der Waals surface area contributed by atoms with Crippen molar-refractivity contribution >= 4 is 23.6 Å². The van der Waals surface area contributed by atoms with Crippen molar-refractivity contribution in [3.63, 3.8) is 0 Å². The van der Waals surface area contributed by atoms with Gasteiger partial charge in [0.15, 0.2) is 0 Å². The number of amides is 2. The molecule has 0 aliphatic carbocycles. The van der Waals surface area contributed by atoms with Crippen molar-refractivity contribution in [2.75, 3.05) is 5.75 Å². The van der Waals surface area contributed by atoms with Crippen LogP contribution in [0.5, 0.6) is 0 Å². The molecule has 3 rings (SSSR count). The first-order valence-corrected chi connectivity index (χ1v) is 7.92. The molecule has 1 aromatic carbocycles. The van der Waals surface area contributed by atoms with Crippen molar-refractivity contribution in [2.24, 2.45) is 0 Å². The average molecular weight is 313 g/mol. The maximum Gasteiger partial charge on any atom is 0.271 e. The summed E-state index contributed by atoms with van der Waals surface area (Å²) in [5, 5.41) is 1.22. The van der Waals surface area contributed by atoms with Crippen LogP contribution in [0.3, 0.4) is 0 Å². The number of pyridine rings is 1. The van der Waals surface area contributed by atoms with E-state index in [4.69, 9.17) is 0 Å². The van der Waals surface area contributed by atoms with Crippen molar-refractivity contribution < 1.29 is 9.59 Å². The summed E-state index contributed by atoms with van der Waals surface area (Å²) in [5.74, 6) is -0.0789. The van der Waals surface area contributed by atoms with Gasteiger partial charge in [-0.3, -0.25) is 20.0 Å². The van der Waals surface area contributed by atoms with E-state index >= 15 is 0 Å². The van der Waals surface area contributed by atoms with E-state index in [-0.39, 0.29) is 17.2 Å². The Morgan fingerprint density at radius 3 is 2.86 bits per heavy atom. The van der Waals surface area contributed by atoms with Crippen LogP contribution in [0, 0.1) is 6.92 Å². The highest BCUT2D eigenvalue weighted by molar-refractivity contribution is 8.00. The molecule has 2 amide bonds. The Morgan fingerprint density at radius 2 is 2.14 bits per heavy atom. The number of hydrogen-bond acceptors (Lipinski definition) is 4. The lowest BCUT2D eigenvalue weighted by atomic mass is 10.1. The molecule has 5 nitrogen and oxygen atoms in total. The largest absolute Gasteiger partial charge is 0.272 e. The fourth-order valence-corrected chi connectivity index (χ4v) is 3.51. The Hall–Kier alpha value is -2.34. The van der Waals surface area contributed by atoms with Crippen LogP contribution < -0.4 is 5.43 Å². The third-order valence-corrected chi connectivity index (χ3v) is 4.66. The van der Waals surface area contributed by atoms with E-state index in [2.05, 4.69) is 10.4 Å². The van der Waals surface area contributed by atoms with E-state index in [0.29, 0.717) is 11.3 Å². The molecule has 112 valence electrons. The molecule has 2 heterocycles. The van der Waals surface area contributed by atoms with Gasteiger partial charge in [-0.05, 0) is 30.2 Å². The number of carbonyl (C=O) groups excluding carboxylic acids is 2. The molecule has 1 aliphatic rings. The third kappa shape index (κ3) is 2.82. The van der Waals surface area contributed by atoms with Crippen LogP contribution in [0.25, 0.3) is 0 Å².